The van der Waals surface area contributed by atoms with Crippen LogP contribution in [0.15, 0.2) is 72.8 Å². The highest BCUT2D eigenvalue weighted by atomic mass is 16.5. The zero-order chi connectivity index (χ0) is 23.6. The van der Waals surface area contributed by atoms with Crippen molar-refractivity contribution in [1.29, 1.82) is 0 Å². The molecule has 0 saturated carbocycles. The Bertz CT molecular complexity index is 1090. The van der Waals surface area contributed by atoms with Gasteiger partial charge in [0.2, 0.25) is 0 Å². The zero-order valence-electron chi connectivity index (χ0n) is 18.8. The van der Waals surface area contributed by atoms with E-state index in [0.717, 1.165) is 16.7 Å². The van der Waals surface area contributed by atoms with Crippen LogP contribution in [0.3, 0.4) is 0 Å². The van der Waals surface area contributed by atoms with Gasteiger partial charge in [0.1, 0.15) is 19.3 Å². The van der Waals surface area contributed by atoms with Crippen LogP contribution < -0.4 is 10.2 Å². The van der Waals surface area contributed by atoms with Gasteiger partial charge in [-0.15, -0.1) is 0 Å². The minimum absolute atomic E-state index is 0.151. The van der Waals surface area contributed by atoms with E-state index in [1.54, 1.807) is 35.2 Å². The number of methoxy groups -OCH3 is 2. The Kier molecular flexibility index (Phi) is 8.53. The quantitative estimate of drug-likeness (QED) is 0.372. The Morgan fingerprint density at radius 1 is 0.879 bits per heavy atom. The summed E-state index contributed by atoms with van der Waals surface area (Å²) in [5, 5.41) is 0. The van der Waals surface area contributed by atoms with Crippen molar-refractivity contribution in [3.63, 3.8) is 0 Å². The molecule has 0 aliphatic heterocycles. The Balaban J connectivity index is 1.79. The van der Waals surface area contributed by atoms with Gasteiger partial charge in [-0.1, -0.05) is 60.1 Å². The molecule has 6 nitrogen and oxygen atoms in total. The molecule has 7 heteroatoms. The average molecular weight is 443 g/mol. The van der Waals surface area contributed by atoms with Gasteiger partial charge in [0.05, 0.1) is 27.2 Å². The summed E-state index contributed by atoms with van der Waals surface area (Å²) in [6, 6.07) is 22.4. The lowest BCUT2D eigenvalue weighted by Gasteiger charge is -2.23. The van der Waals surface area contributed by atoms with Crippen molar-refractivity contribution in [2.75, 3.05) is 20.8 Å². The monoisotopic (exact) mass is 443 g/mol. The molecule has 0 heterocycles. The van der Waals surface area contributed by atoms with E-state index in [0.29, 0.717) is 29.9 Å². The number of ether oxygens (including phenoxy) is 3. The first kappa shape index (κ1) is 23.9. The molecule has 3 aromatic carbocycles. The SMILES string of the molecule is [B]c1ccc(Oc2cccc(CC(=O)OC)c2)c(CN(CCc2ccccc2)C(=O)OC)c1. The van der Waals surface area contributed by atoms with Crippen LogP contribution >= 0.6 is 0 Å². The highest BCUT2D eigenvalue weighted by molar-refractivity contribution is 6.32. The van der Waals surface area contributed by atoms with Crippen LogP contribution in [-0.2, 0) is 33.7 Å². The molecule has 2 radical (unpaired) electrons. The molecule has 0 fully saturated rings. The molecule has 3 rings (SSSR count). The van der Waals surface area contributed by atoms with Crippen LogP contribution in [0.5, 0.6) is 11.5 Å². The first-order valence-electron chi connectivity index (χ1n) is 10.6. The Hall–Kier alpha value is -3.74. The Morgan fingerprint density at radius 2 is 1.64 bits per heavy atom. The second-order valence-electron chi connectivity index (χ2n) is 7.50. The van der Waals surface area contributed by atoms with Crippen LogP contribution in [0.25, 0.3) is 0 Å². The second kappa shape index (κ2) is 11.8. The van der Waals surface area contributed by atoms with E-state index in [1.165, 1.54) is 14.2 Å². The van der Waals surface area contributed by atoms with Crippen LogP contribution in [0.2, 0.25) is 0 Å². The van der Waals surface area contributed by atoms with Crippen molar-refractivity contribution < 1.29 is 23.8 Å². The van der Waals surface area contributed by atoms with Gasteiger partial charge in [-0.25, -0.2) is 4.79 Å². The first-order valence-corrected chi connectivity index (χ1v) is 10.6. The largest absolute Gasteiger partial charge is 0.469 e. The number of rotatable bonds is 9. The van der Waals surface area contributed by atoms with Crippen LogP contribution in [0.1, 0.15) is 16.7 Å². The van der Waals surface area contributed by atoms with Crippen LogP contribution in [-0.4, -0.2) is 45.6 Å². The number of hydrogen-bond donors (Lipinski definition) is 0. The fourth-order valence-corrected chi connectivity index (χ4v) is 3.39. The maximum atomic E-state index is 12.5. The molecule has 1 amide bonds. The summed E-state index contributed by atoms with van der Waals surface area (Å²) < 4.78 is 15.8. The molecule has 0 aromatic heterocycles. The number of benzene rings is 3. The molecule has 33 heavy (non-hydrogen) atoms. The molecular weight excluding hydrogens is 417 g/mol. The maximum Gasteiger partial charge on any atom is 0.409 e. The summed E-state index contributed by atoms with van der Waals surface area (Å²) >= 11 is 0. The van der Waals surface area contributed by atoms with Gasteiger partial charge < -0.3 is 19.1 Å². The maximum absolute atomic E-state index is 12.5. The van der Waals surface area contributed by atoms with Gasteiger partial charge in [-0.2, -0.15) is 0 Å². The fourth-order valence-electron chi connectivity index (χ4n) is 3.39. The van der Waals surface area contributed by atoms with Crippen LogP contribution in [0, 0.1) is 0 Å². The number of carbonyl (C=O) groups excluding carboxylic acids is 2. The predicted octanol–water partition coefficient (Wildman–Crippen LogP) is 3.80. The fraction of sp³-hybridized carbons (Fsp3) is 0.231. The Morgan fingerprint density at radius 3 is 2.36 bits per heavy atom. The lowest BCUT2D eigenvalue weighted by Crippen LogP contribution is -2.32. The zero-order valence-corrected chi connectivity index (χ0v) is 18.8. The smallest absolute Gasteiger partial charge is 0.409 e. The summed E-state index contributed by atoms with van der Waals surface area (Å²) in [7, 11) is 8.74. The minimum Gasteiger partial charge on any atom is -0.469 e. The summed E-state index contributed by atoms with van der Waals surface area (Å²) in [5.41, 5.74) is 3.20. The van der Waals surface area contributed by atoms with E-state index in [1.807, 2.05) is 42.5 Å². The third-order valence-corrected chi connectivity index (χ3v) is 5.09. The van der Waals surface area contributed by atoms with Crippen molar-refractivity contribution in [2.45, 2.75) is 19.4 Å². The third-order valence-electron chi connectivity index (χ3n) is 5.09. The molecule has 0 spiro atoms. The van der Waals surface area contributed by atoms with E-state index in [9.17, 15) is 9.59 Å². The summed E-state index contributed by atoms with van der Waals surface area (Å²) in [4.78, 5) is 25.7. The molecule has 0 aliphatic carbocycles. The molecule has 168 valence electrons. The number of nitrogens with zero attached hydrogens (tertiary/aromatic N) is 1. The van der Waals surface area contributed by atoms with E-state index >= 15 is 0 Å². The van der Waals surface area contributed by atoms with Gasteiger partial charge in [-0.3, -0.25) is 4.79 Å². The normalized spacial score (nSPS) is 10.4. The molecule has 0 N–H and O–H groups in total. The van der Waals surface area contributed by atoms with Gasteiger partial charge in [-0.05, 0) is 35.7 Å². The lowest BCUT2D eigenvalue weighted by molar-refractivity contribution is -0.139. The lowest BCUT2D eigenvalue weighted by atomic mass is 9.94. The van der Waals surface area contributed by atoms with Crippen LogP contribution in [0.4, 0.5) is 4.79 Å². The molecule has 0 unspecified atom stereocenters. The average Bonchev–Trinajstić information content (AvgIpc) is 2.83. The van der Waals surface area contributed by atoms with Crippen molar-refractivity contribution in [3.05, 3.63) is 89.5 Å². The van der Waals surface area contributed by atoms with Crippen molar-refractivity contribution >= 4 is 25.4 Å². The molecule has 0 saturated heterocycles. The first-order chi connectivity index (χ1) is 16.0. The number of carbonyl (C=O) groups is 2. The standard InChI is InChI=1S/C26H26BNO5/c1-31-25(29)16-20-9-6-10-23(15-20)33-24-12-11-22(27)17-21(24)18-28(26(30)32-2)14-13-19-7-4-3-5-8-19/h3-12,15,17H,13-14,16,18H2,1-2H3. The van der Waals surface area contributed by atoms with Crippen molar-refractivity contribution in [1.82, 2.24) is 4.90 Å². The highest BCUT2D eigenvalue weighted by Gasteiger charge is 2.17. The Labute approximate surface area is 195 Å². The summed E-state index contributed by atoms with van der Waals surface area (Å²) in [5.74, 6) is 0.803. The van der Waals surface area contributed by atoms with E-state index in [-0.39, 0.29) is 18.9 Å². The molecule has 0 atom stereocenters. The van der Waals surface area contributed by atoms with Crippen molar-refractivity contribution in [2.24, 2.45) is 0 Å². The molecule has 0 bridgehead atoms. The summed E-state index contributed by atoms with van der Waals surface area (Å²) in [6.07, 6.45) is 0.404. The number of esters is 1. The van der Waals surface area contributed by atoms with E-state index in [2.05, 4.69) is 0 Å². The molecule has 0 aliphatic rings. The minimum atomic E-state index is -0.431. The summed E-state index contributed by atoms with van der Waals surface area (Å²) in [6.45, 7) is 0.737. The topological polar surface area (TPSA) is 65.1 Å². The van der Waals surface area contributed by atoms with E-state index < -0.39 is 6.09 Å². The van der Waals surface area contributed by atoms with Gasteiger partial charge >= 0.3 is 12.1 Å². The van der Waals surface area contributed by atoms with Gasteiger partial charge in [0, 0.05) is 12.1 Å². The van der Waals surface area contributed by atoms with Gasteiger partial charge in [0.15, 0.2) is 0 Å². The third kappa shape index (κ3) is 7.14. The second-order valence-corrected chi connectivity index (χ2v) is 7.50. The van der Waals surface area contributed by atoms with Crippen molar-refractivity contribution in [3.8, 4) is 11.5 Å². The van der Waals surface area contributed by atoms with E-state index in [4.69, 9.17) is 22.1 Å². The number of amides is 1. The number of hydrogen-bond acceptors (Lipinski definition) is 5. The van der Waals surface area contributed by atoms with Gasteiger partial charge in [0.25, 0.3) is 0 Å². The molecular formula is C26H26BNO5. The highest BCUT2D eigenvalue weighted by Crippen LogP contribution is 2.27. The molecule has 3 aromatic rings. The predicted molar refractivity (Wildman–Crippen MR) is 127 cm³/mol.